The third kappa shape index (κ3) is 18.2. The van der Waals surface area contributed by atoms with Gasteiger partial charge in [-0.25, -0.2) is 0 Å². The predicted molar refractivity (Wildman–Crippen MR) is 216 cm³/mol. The van der Waals surface area contributed by atoms with Crippen molar-refractivity contribution in [1.82, 2.24) is 0 Å². The molecule has 0 radical (unpaired) electrons. The summed E-state index contributed by atoms with van der Waals surface area (Å²) in [6.07, 6.45) is 10.6. The van der Waals surface area contributed by atoms with Gasteiger partial charge >= 0.3 is 153 Å². The zero-order valence-electron chi connectivity index (χ0n) is 30.0. The summed E-state index contributed by atoms with van der Waals surface area (Å²) < 4.78 is 7.40. The molecule has 0 bridgehead atoms. The van der Waals surface area contributed by atoms with Crippen molar-refractivity contribution >= 4 is 56.5 Å². The van der Waals surface area contributed by atoms with Gasteiger partial charge in [0, 0.05) is 3.57 Å². The minimum absolute atomic E-state index is 0.258. The Balaban J connectivity index is 0.000000386. The van der Waals surface area contributed by atoms with E-state index in [4.69, 9.17) is 22.9 Å². The third-order valence-corrected chi connectivity index (χ3v) is 25.3. The van der Waals surface area contributed by atoms with Crippen LogP contribution in [0.1, 0.15) is 109 Å². The molecule has 0 aliphatic heterocycles. The van der Waals surface area contributed by atoms with Gasteiger partial charge in [0.1, 0.15) is 0 Å². The molecule has 1 atom stereocenters. The summed E-state index contributed by atoms with van der Waals surface area (Å²) in [5, 5.41) is 0. The summed E-state index contributed by atoms with van der Waals surface area (Å²) in [6, 6.07) is 28.3. The molecule has 47 heavy (non-hydrogen) atoms. The van der Waals surface area contributed by atoms with Crippen LogP contribution < -0.4 is 36.5 Å². The van der Waals surface area contributed by atoms with E-state index in [0.29, 0.717) is 12.5 Å². The van der Waals surface area contributed by atoms with E-state index in [0.717, 1.165) is 12.5 Å². The topological polar surface area (TPSA) is 132 Å². The quantitative estimate of drug-likeness (QED) is 0.0475. The van der Waals surface area contributed by atoms with Gasteiger partial charge in [-0.3, -0.25) is 16.5 Å². The molecule has 0 spiro atoms. The molecule has 0 aromatic heterocycles. The van der Waals surface area contributed by atoms with Crippen LogP contribution in [0.2, 0.25) is 13.3 Å². The van der Waals surface area contributed by atoms with Gasteiger partial charge in [-0.2, -0.15) is 0 Å². The maximum atomic E-state index is 5.54. The first-order valence-electron chi connectivity index (χ1n) is 17.8. The van der Waals surface area contributed by atoms with Crippen molar-refractivity contribution in [3.63, 3.8) is 0 Å². The van der Waals surface area contributed by atoms with E-state index in [1.54, 1.807) is 3.58 Å². The number of benzene rings is 3. The fourth-order valence-corrected chi connectivity index (χ4v) is 22.6. The summed E-state index contributed by atoms with van der Waals surface area (Å²) in [7, 11) is 0. The molecular weight excluding hydrogens is 798 g/mol. The number of hydrogen-bond acceptors (Lipinski definition) is 0. The monoisotopic (exact) mass is 864 g/mol. The Morgan fingerprint density at radius 3 is 1.66 bits per heavy atom. The van der Waals surface area contributed by atoms with Crippen LogP contribution >= 0.6 is 22.6 Å². The molecule has 0 aliphatic carbocycles. The first-order chi connectivity index (χ1) is 22.6. The fraction of sp³-hybridized carbons (Fsp3) is 0.487. The molecule has 0 saturated carbocycles. The number of unbranched alkanes of at least 4 members (excludes halogenated alkanes) is 2. The van der Waals surface area contributed by atoms with Crippen molar-refractivity contribution in [2.45, 2.75) is 118 Å². The zero-order valence-corrected chi connectivity index (χ0v) is 35.0. The van der Waals surface area contributed by atoms with Crippen molar-refractivity contribution in [1.29, 1.82) is 0 Å². The Bertz CT molecular complexity index is 1280. The number of hydrogen-bond donors (Lipinski definition) is 6. The van der Waals surface area contributed by atoms with Crippen LogP contribution in [0.5, 0.6) is 0 Å². The number of guanidine groups is 2. The Hall–Kier alpha value is -2.27. The van der Waals surface area contributed by atoms with Crippen molar-refractivity contribution in [3.05, 3.63) is 99.1 Å². The second kappa shape index (κ2) is 25.7. The first kappa shape index (κ1) is 42.8. The van der Waals surface area contributed by atoms with Gasteiger partial charge < -0.3 is 0 Å². The Morgan fingerprint density at radius 1 is 0.638 bits per heavy atom. The molecule has 3 aromatic rings. The second-order valence-electron chi connectivity index (χ2n) is 12.5. The maximum absolute atomic E-state index is 5.54. The van der Waals surface area contributed by atoms with Gasteiger partial charge in [0.2, 0.25) is 0 Å². The molecule has 1 unspecified atom stereocenters. The fourth-order valence-electron chi connectivity index (χ4n) is 6.06. The van der Waals surface area contributed by atoms with E-state index in [2.05, 4.69) is 128 Å². The Kier molecular flexibility index (Phi) is 23.4. The molecule has 10 N–H and O–H groups in total. The molecule has 0 heterocycles. The minimum Gasteiger partial charge on any atom is -0.291 e. The summed E-state index contributed by atoms with van der Waals surface area (Å²) >= 11 is -0.0168. The van der Waals surface area contributed by atoms with Crippen LogP contribution in [0, 0.1) is 3.57 Å². The molecule has 6 nitrogen and oxygen atoms in total. The van der Waals surface area contributed by atoms with E-state index in [1.165, 1.54) is 84.9 Å². The van der Waals surface area contributed by atoms with Crippen molar-refractivity contribution in [2.24, 2.45) is 22.9 Å². The predicted octanol–water partition coefficient (Wildman–Crippen LogP) is 5.33. The average Bonchev–Trinajstić information content (AvgIpc) is 3.08. The zero-order chi connectivity index (χ0) is 34.9. The molecule has 0 amide bonds. The van der Waals surface area contributed by atoms with E-state index in [1.807, 2.05) is 18.2 Å². The summed E-state index contributed by atoms with van der Waals surface area (Å²) in [4.78, 5) is 5.91. The minimum atomic E-state index is -2.28. The van der Waals surface area contributed by atoms with Gasteiger partial charge in [-0.05, 0) is 64.6 Å². The summed E-state index contributed by atoms with van der Waals surface area (Å²) in [5.41, 5.74) is 25.6. The third-order valence-electron chi connectivity index (χ3n) is 8.57. The van der Waals surface area contributed by atoms with E-state index >= 15 is 0 Å². The van der Waals surface area contributed by atoms with Crippen LogP contribution in [-0.2, 0) is 13.1 Å². The van der Waals surface area contributed by atoms with Crippen LogP contribution in [0.3, 0.4) is 0 Å². The van der Waals surface area contributed by atoms with Crippen molar-refractivity contribution in [3.8, 4) is 0 Å². The molecular formula is C39H65IN6Sn+2. The van der Waals surface area contributed by atoms with Crippen LogP contribution in [0.15, 0.2) is 78.9 Å². The van der Waals surface area contributed by atoms with E-state index in [-0.39, 0.29) is 5.96 Å². The standard InChI is InChI=1S/C12H18.C8H10IN3.C8H10N3.2C4H9.C3H7.Sn/c1-3-8-11(4-2)12-9-6-5-7-10-12;9-7-3-1-2-6(4-7)5-12-8(10)11;9-8(10)11-6-7-4-2-1-3-5-7;2*1-3-4-2;1-3-2;/h5-7,9-11H,3-4,8H2,1-2H3;1-4H,5H2,(H4,10,11,12);1-2,4-5H,6H2,(H4,9,10,11);2*1,3-4H2,2H3;1,3H2,2H3;/p+2. The molecule has 0 fully saturated rings. The molecule has 3 rings (SSSR count). The Labute approximate surface area is 304 Å². The van der Waals surface area contributed by atoms with Gasteiger partial charge in [-0.1, -0.05) is 62.7 Å². The van der Waals surface area contributed by atoms with Crippen molar-refractivity contribution < 1.29 is 9.98 Å². The summed E-state index contributed by atoms with van der Waals surface area (Å²) in [6.45, 7) is 12.9. The van der Waals surface area contributed by atoms with E-state index in [9.17, 15) is 0 Å². The maximum Gasteiger partial charge on any atom is 0.339 e. The van der Waals surface area contributed by atoms with E-state index < -0.39 is 18.4 Å². The second-order valence-corrected chi connectivity index (χ2v) is 27.0. The van der Waals surface area contributed by atoms with Gasteiger partial charge in [-0.15, -0.1) is 0 Å². The number of nitrogens with two attached hydrogens (primary N) is 4. The molecule has 0 saturated heterocycles. The molecule has 0 aliphatic rings. The molecule has 260 valence electrons. The van der Waals surface area contributed by atoms with Crippen LogP contribution in [0.25, 0.3) is 0 Å². The molecule has 8 heteroatoms. The smallest absolute Gasteiger partial charge is 0.291 e. The number of nitrogens with one attached hydrogen (secondary N) is 2. The Morgan fingerprint density at radius 2 is 1.19 bits per heavy atom. The average molecular weight is 864 g/mol. The van der Waals surface area contributed by atoms with Gasteiger partial charge in [0.25, 0.3) is 0 Å². The van der Waals surface area contributed by atoms with Crippen molar-refractivity contribution in [2.75, 3.05) is 0 Å². The van der Waals surface area contributed by atoms with Crippen LogP contribution in [0.4, 0.5) is 0 Å². The normalized spacial score (nSPS) is 11.3. The van der Waals surface area contributed by atoms with Gasteiger partial charge in [0.05, 0.1) is 6.54 Å². The largest absolute Gasteiger partial charge is 0.339 e. The SMILES string of the molecule is CCCC(CC)c1ccccc1.CCC[CH2][Sn]([CH2]CC)([CH2]CCC)[c]1cccc(C[NH+]=C(N)N)c1.NC(N)=[NH+]Cc1cccc(I)c1. The first-order valence-corrected chi connectivity index (χ1v) is 26.3. The van der Waals surface area contributed by atoms with Crippen LogP contribution in [-0.4, -0.2) is 30.3 Å². The number of rotatable bonds is 17. The number of halogens is 1. The van der Waals surface area contributed by atoms with Gasteiger partial charge in [0.15, 0.2) is 0 Å². The summed E-state index contributed by atoms with van der Waals surface area (Å²) in [5.74, 6) is 1.33. The molecule has 3 aromatic carbocycles.